The molecule has 0 heterocycles. The van der Waals surface area contributed by atoms with Crippen LogP contribution >= 0.6 is 0 Å². The highest BCUT2D eigenvalue weighted by molar-refractivity contribution is 5.84. The molecule has 6 heteroatoms. The van der Waals surface area contributed by atoms with Crippen molar-refractivity contribution in [3.63, 3.8) is 0 Å². The monoisotopic (exact) mass is 334 g/mol. The van der Waals surface area contributed by atoms with Gasteiger partial charge >= 0.3 is 0 Å². The number of para-hydroxylation sites is 2. The van der Waals surface area contributed by atoms with Gasteiger partial charge in [0, 0.05) is 5.92 Å². The van der Waals surface area contributed by atoms with Crippen molar-refractivity contribution in [3.8, 4) is 11.5 Å². The van der Waals surface area contributed by atoms with Gasteiger partial charge in [-0.25, -0.2) is 0 Å². The molecule has 2 N–H and O–H groups in total. The SMILES string of the molecule is CCOc1ccccc1OCC(=O)NNC(=O)C1CCCCCC1. The molecule has 1 aliphatic carbocycles. The summed E-state index contributed by atoms with van der Waals surface area (Å²) in [5.41, 5.74) is 4.92. The number of hydrogen-bond donors (Lipinski definition) is 2. The Bertz CT molecular complexity index is 540. The summed E-state index contributed by atoms with van der Waals surface area (Å²) >= 11 is 0. The van der Waals surface area contributed by atoms with Crippen LogP contribution < -0.4 is 20.3 Å². The zero-order valence-corrected chi connectivity index (χ0v) is 14.2. The molecular weight excluding hydrogens is 308 g/mol. The Hall–Kier alpha value is -2.24. The molecule has 0 bridgehead atoms. The van der Waals surface area contributed by atoms with Crippen LogP contribution in [0.1, 0.15) is 45.4 Å². The molecule has 1 fully saturated rings. The third kappa shape index (κ3) is 5.76. The van der Waals surface area contributed by atoms with E-state index < -0.39 is 5.91 Å². The van der Waals surface area contributed by atoms with E-state index in [2.05, 4.69) is 10.9 Å². The van der Waals surface area contributed by atoms with E-state index in [4.69, 9.17) is 9.47 Å². The first-order chi connectivity index (χ1) is 11.7. The Morgan fingerprint density at radius 2 is 1.62 bits per heavy atom. The maximum Gasteiger partial charge on any atom is 0.276 e. The first kappa shape index (κ1) is 18.1. The van der Waals surface area contributed by atoms with E-state index in [9.17, 15) is 9.59 Å². The Morgan fingerprint density at radius 3 is 2.25 bits per heavy atom. The summed E-state index contributed by atoms with van der Waals surface area (Å²) in [4.78, 5) is 23.9. The second-order valence-corrected chi connectivity index (χ2v) is 5.89. The maximum atomic E-state index is 12.1. The number of hydrazine groups is 1. The topological polar surface area (TPSA) is 76.7 Å². The van der Waals surface area contributed by atoms with Crippen molar-refractivity contribution in [1.82, 2.24) is 10.9 Å². The van der Waals surface area contributed by atoms with Crippen molar-refractivity contribution in [2.75, 3.05) is 13.2 Å². The molecule has 132 valence electrons. The molecule has 0 unspecified atom stereocenters. The van der Waals surface area contributed by atoms with Crippen LogP contribution in [0.3, 0.4) is 0 Å². The summed E-state index contributed by atoms with van der Waals surface area (Å²) < 4.78 is 10.9. The van der Waals surface area contributed by atoms with Gasteiger partial charge in [-0.2, -0.15) is 0 Å². The average Bonchev–Trinajstić information content (AvgIpc) is 2.88. The highest BCUT2D eigenvalue weighted by Gasteiger charge is 2.20. The number of nitrogens with one attached hydrogen (secondary N) is 2. The number of carbonyl (C=O) groups is 2. The van der Waals surface area contributed by atoms with Crippen LogP contribution in [-0.4, -0.2) is 25.0 Å². The normalized spacial score (nSPS) is 15.2. The van der Waals surface area contributed by atoms with Gasteiger partial charge in [0.2, 0.25) is 5.91 Å². The molecule has 0 spiro atoms. The van der Waals surface area contributed by atoms with Crippen molar-refractivity contribution >= 4 is 11.8 Å². The van der Waals surface area contributed by atoms with Crippen molar-refractivity contribution in [1.29, 1.82) is 0 Å². The van der Waals surface area contributed by atoms with Gasteiger partial charge in [-0.05, 0) is 31.9 Å². The fourth-order valence-corrected chi connectivity index (χ4v) is 2.80. The molecule has 0 atom stereocenters. The highest BCUT2D eigenvalue weighted by atomic mass is 16.5. The lowest BCUT2D eigenvalue weighted by Crippen LogP contribution is -2.46. The van der Waals surface area contributed by atoms with Crippen LogP contribution in [0.25, 0.3) is 0 Å². The van der Waals surface area contributed by atoms with Crippen LogP contribution in [0.15, 0.2) is 24.3 Å². The second kappa shape index (κ2) is 9.80. The van der Waals surface area contributed by atoms with Gasteiger partial charge < -0.3 is 9.47 Å². The summed E-state index contributed by atoms with van der Waals surface area (Å²) in [6, 6.07) is 7.17. The van der Waals surface area contributed by atoms with Gasteiger partial charge in [0.1, 0.15) is 0 Å². The van der Waals surface area contributed by atoms with Crippen molar-refractivity contribution in [3.05, 3.63) is 24.3 Å². The standard InChI is InChI=1S/C18H26N2O4/c1-2-23-15-11-7-8-12-16(15)24-13-17(21)19-20-18(22)14-9-5-3-4-6-10-14/h7-8,11-12,14H,2-6,9-10,13H2,1H3,(H,19,21)(H,20,22). The summed E-state index contributed by atoms with van der Waals surface area (Å²) in [5.74, 6) is 0.579. The summed E-state index contributed by atoms with van der Waals surface area (Å²) in [7, 11) is 0. The number of ether oxygens (including phenoxy) is 2. The number of amides is 2. The van der Waals surface area contributed by atoms with Gasteiger partial charge in [-0.3, -0.25) is 20.4 Å². The lowest BCUT2D eigenvalue weighted by atomic mass is 10.00. The lowest BCUT2D eigenvalue weighted by molar-refractivity contribution is -0.132. The van der Waals surface area contributed by atoms with Crippen molar-refractivity contribution < 1.29 is 19.1 Å². The zero-order chi connectivity index (χ0) is 17.2. The lowest BCUT2D eigenvalue weighted by Gasteiger charge is -2.15. The minimum Gasteiger partial charge on any atom is -0.490 e. The first-order valence-corrected chi connectivity index (χ1v) is 8.64. The van der Waals surface area contributed by atoms with Crippen molar-refractivity contribution in [2.45, 2.75) is 45.4 Å². The van der Waals surface area contributed by atoms with E-state index in [1.54, 1.807) is 12.1 Å². The third-order valence-corrected chi connectivity index (χ3v) is 4.06. The molecule has 0 radical (unpaired) electrons. The fraction of sp³-hybridized carbons (Fsp3) is 0.556. The van der Waals surface area contributed by atoms with Gasteiger partial charge in [-0.1, -0.05) is 37.8 Å². The molecule has 0 saturated heterocycles. The summed E-state index contributed by atoms with van der Waals surface area (Å²) in [6.45, 7) is 2.21. The molecule has 0 aromatic heterocycles. The van der Waals surface area contributed by atoms with Crippen LogP contribution in [-0.2, 0) is 9.59 Å². The predicted molar refractivity (Wildman–Crippen MR) is 90.6 cm³/mol. The molecule has 1 aliphatic rings. The Morgan fingerprint density at radius 1 is 1.00 bits per heavy atom. The second-order valence-electron chi connectivity index (χ2n) is 5.89. The quantitative estimate of drug-likeness (QED) is 0.619. The third-order valence-electron chi connectivity index (χ3n) is 4.06. The number of benzene rings is 1. The minimum atomic E-state index is -0.400. The van der Waals surface area contributed by atoms with Gasteiger partial charge in [0.15, 0.2) is 18.1 Å². The predicted octanol–water partition coefficient (Wildman–Crippen LogP) is 2.58. The Kier molecular flexibility index (Phi) is 7.39. The van der Waals surface area contributed by atoms with Gasteiger partial charge in [0.05, 0.1) is 6.61 Å². The van der Waals surface area contributed by atoms with Crippen LogP contribution in [0.4, 0.5) is 0 Å². The van der Waals surface area contributed by atoms with E-state index in [0.29, 0.717) is 18.1 Å². The van der Waals surface area contributed by atoms with Crippen LogP contribution in [0, 0.1) is 5.92 Å². The molecule has 1 aromatic carbocycles. The minimum absolute atomic E-state index is 0.00704. The van der Waals surface area contributed by atoms with E-state index in [1.165, 1.54) is 12.8 Å². The van der Waals surface area contributed by atoms with Gasteiger partial charge in [-0.15, -0.1) is 0 Å². The number of rotatable bonds is 6. The molecule has 1 aromatic rings. The Balaban J connectivity index is 1.74. The zero-order valence-electron chi connectivity index (χ0n) is 14.2. The average molecular weight is 334 g/mol. The summed E-state index contributed by atoms with van der Waals surface area (Å²) in [5, 5.41) is 0. The van der Waals surface area contributed by atoms with Crippen LogP contribution in [0.5, 0.6) is 11.5 Å². The molecular formula is C18H26N2O4. The van der Waals surface area contributed by atoms with E-state index in [0.717, 1.165) is 25.7 Å². The first-order valence-electron chi connectivity index (χ1n) is 8.64. The molecule has 0 aliphatic heterocycles. The number of hydrogen-bond acceptors (Lipinski definition) is 4. The molecule has 24 heavy (non-hydrogen) atoms. The van der Waals surface area contributed by atoms with Gasteiger partial charge in [0.25, 0.3) is 5.91 Å². The molecule has 1 saturated carbocycles. The molecule has 6 nitrogen and oxygen atoms in total. The number of carbonyl (C=O) groups excluding carboxylic acids is 2. The van der Waals surface area contributed by atoms with E-state index in [1.807, 2.05) is 19.1 Å². The largest absolute Gasteiger partial charge is 0.490 e. The fourth-order valence-electron chi connectivity index (χ4n) is 2.80. The molecule has 2 rings (SSSR count). The molecule has 2 amide bonds. The summed E-state index contributed by atoms with van der Waals surface area (Å²) in [6.07, 6.45) is 6.29. The smallest absolute Gasteiger partial charge is 0.276 e. The van der Waals surface area contributed by atoms with Crippen molar-refractivity contribution in [2.24, 2.45) is 5.92 Å². The van der Waals surface area contributed by atoms with E-state index >= 15 is 0 Å². The maximum absolute atomic E-state index is 12.1. The Labute approximate surface area is 142 Å². The van der Waals surface area contributed by atoms with Crippen LogP contribution in [0.2, 0.25) is 0 Å². The highest BCUT2D eigenvalue weighted by Crippen LogP contribution is 2.26. The van der Waals surface area contributed by atoms with E-state index in [-0.39, 0.29) is 18.4 Å².